The van der Waals surface area contributed by atoms with E-state index in [1.807, 2.05) is 0 Å². The second kappa shape index (κ2) is 8.43. The van der Waals surface area contributed by atoms with Crippen molar-refractivity contribution in [3.8, 4) is 11.5 Å². The topological polar surface area (TPSA) is 82.8 Å². The van der Waals surface area contributed by atoms with E-state index in [0.717, 1.165) is 6.42 Å². The van der Waals surface area contributed by atoms with Gasteiger partial charge >= 0.3 is 0 Å². The first-order valence-corrected chi connectivity index (χ1v) is 7.04. The fourth-order valence-corrected chi connectivity index (χ4v) is 2.48. The number of anilines is 1. The molecule has 8 heteroatoms. The van der Waals surface area contributed by atoms with E-state index in [2.05, 4.69) is 5.32 Å². The Morgan fingerprint density at radius 2 is 2.05 bits per heavy atom. The summed E-state index contributed by atoms with van der Waals surface area (Å²) in [6.45, 7) is 0.418. The van der Waals surface area contributed by atoms with Gasteiger partial charge in [-0.2, -0.15) is 0 Å². The second-order valence-electron chi connectivity index (χ2n) is 4.74. The number of hydrogen-bond acceptors (Lipinski definition) is 5. The molecule has 0 aliphatic carbocycles. The minimum atomic E-state index is -0.496. The molecule has 0 bridgehead atoms. The van der Waals surface area contributed by atoms with Crippen LogP contribution in [0.4, 0.5) is 5.69 Å². The highest BCUT2D eigenvalue weighted by Gasteiger charge is 2.30. The van der Waals surface area contributed by atoms with Crippen molar-refractivity contribution >= 4 is 35.6 Å². The van der Waals surface area contributed by atoms with Gasteiger partial charge < -0.3 is 25.3 Å². The number of methoxy groups -OCH3 is 2. The maximum absolute atomic E-state index is 12.2. The number of benzene rings is 1. The summed E-state index contributed by atoms with van der Waals surface area (Å²) >= 11 is 6.07. The van der Waals surface area contributed by atoms with E-state index in [0.29, 0.717) is 35.2 Å². The van der Waals surface area contributed by atoms with Crippen LogP contribution < -0.4 is 20.5 Å². The number of carbonyl (C=O) groups excluding carboxylic acids is 1. The predicted octanol–water partition coefficient (Wildman–Crippen LogP) is 2.22. The molecule has 1 aromatic rings. The summed E-state index contributed by atoms with van der Waals surface area (Å²) in [5.41, 5.74) is 6.02. The molecule has 124 valence electrons. The molecule has 1 amide bonds. The number of nitrogens with two attached hydrogens (primary N) is 1. The molecule has 2 rings (SSSR count). The molecule has 0 aromatic heterocycles. The largest absolute Gasteiger partial charge is 0.495 e. The normalized spacial score (nSPS) is 20.2. The number of rotatable bonds is 5. The monoisotopic (exact) mass is 350 g/mol. The highest BCUT2D eigenvalue weighted by atomic mass is 35.5. The Morgan fingerprint density at radius 3 is 2.59 bits per heavy atom. The lowest BCUT2D eigenvalue weighted by Crippen LogP contribution is -2.29. The van der Waals surface area contributed by atoms with Crippen molar-refractivity contribution in [1.29, 1.82) is 0 Å². The predicted molar refractivity (Wildman–Crippen MR) is 87.4 cm³/mol. The fraction of sp³-hybridized carbons (Fsp3) is 0.500. The van der Waals surface area contributed by atoms with Gasteiger partial charge in [0.1, 0.15) is 17.6 Å². The quantitative estimate of drug-likeness (QED) is 0.850. The van der Waals surface area contributed by atoms with Crippen molar-refractivity contribution in [2.45, 2.75) is 25.0 Å². The Labute approximate surface area is 140 Å². The molecular formula is C14H20Cl2N2O4. The number of carbonyl (C=O) groups is 1. The summed E-state index contributed by atoms with van der Waals surface area (Å²) in [6, 6.07) is 3.21. The molecule has 6 nitrogen and oxygen atoms in total. The Balaban J connectivity index is 0.00000242. The third kappa shape index (κ3) is 4.16. The van der Waals surface area contributed by atoms with Gasteiger partial charge in [0.2, 0.25) is 0 Å². The number of nitrogens with one attached hydrogen (secondary N) is 1. The molecule has 22 heavy (non-hydrogen) atoms. The summed E-state index contributed by atoms with van der Waals surface area (Å²) in [4.78, 5) is 12.2. The van der Waals surface area contributed by atoms with E-state index in [-0.39, 0.29) is 24.4 Å². The van der Waals surface area contributed by atoms with E-state index in [1.54, 1.807) is 12.1 Å². The minimum Gasteiger partial charge on any atom is -0.495 e. The highest BCUT2D eigenvalue weighted by molar-refractivity contribution is 6.32. The molecular weight excluding hydrogens is 331 g/mol. The minimum absolute atomic E-state index is 0. The molecule has 0 spiro atoms. The number of ether oxygens (including phenoxy) is 3. The zero-order valence-corrected chi connectivity index (χ0v) is 14.0. The lowest BCUT2D eigenvalue weighted by atomic mass is 10.2. The van der Waals surface area contributed by atoms with E-state index >= 15 is 0 Å². The molecule has 3 N–H and O–H groups in total. The van der Waals surface area contributed by atoms with Crippen LogP contribution in [0.25, 0.3) is 0 Å². The van der Waals surface area contributed by atoms with Crippen LogP contribution in [0.15, 0.2) is 12.1 Å². The molecule has 1 aromatic carbocycles. The highest BCUT2D eigenvalue weighted by Crippen LogP contribution is 2.36. The smallest absolute Gasteiger partial charge is 0.253 e. The van der Waals surface area contributed by atoms with Crippen molar-refractivity contribution in [3.05, 3.63) is 17.2 Å². The standard InChI is InChI=1S/C14H19ClN2O4.ClH/c1-19-12-6-13(20-2)10(5-9(12)15)17-14(18)11-4-3-8(7-16)21-11;/h5-6,8,11H,3-4,7,16H2,1-2H3,(H,17,18);1H/t8-,11+;/m1./s1. The Hall–Kier alpha value is -1.21. The molecule has 0 saturated carbocycles. The van der Waals surface area contributed by atoms with Gasteiger partial charge in [0.25, 0.3) is 5.91 Å². The Bertz CT molecular complexity index is 528. The van der Waals surface area contributed by atoms with Crippen molar-refractivity contribution in [1.82, 2.24) is 0 Å². The molecule has 1 fully saturated rings. The van der Waals surface area contributed by atoms with Crippen LogP contribution >= 0.6 is 24.0 Å². The first-order valence-electron chi connectivity index (χ1n) is 6.67. The van der Waals surface area contributed by atoms with Gasteiger partial charge in [-0.25, -0.2) is 0 Å². The summed E-state index contributed by atoms with van der Waals surface area (Å²) in [6.07, 6.45) is 0.890. The zero-order valence-electron chi connectivity index (χ0n) is 12.4. The van der Waals surface area contributed by atoms with Gasteiger partial charge in [-0.05, 0) is 18.9 Å². The van der Waals surface area contributed by atoms with E-state index in [4.69, 9.17) is 31.5 Å². The summed E-state index contributed by atoms with van der Waals surface area (Å²) in [7, 11) is 3.02. The van der Waals surface area contributed by atoms with Gasteiger partial charge in [0.05, 0.1) is 31.0 Å². The van der Waals surface area contributed by atoms with Crippen LogP contribution in [0.5, 0.6) is 11.5 Å². The van der Waals surface area contributed by atoms with Gasteiger partial charge in [-0.1, -0.05) is 11.6 Å². The van der Waals surface area contributed by atoms with Crippen molar-refractivity contribution in [2.24, 2.45) is 5.73 Å². The fourth-order valence-electron chi connectivity index (χ4n) is 2.24. The summed E-state index contributed by atoms with van der Waals surface area (Å²) in [5, 5.41) is 3.16. The second-order valence-corrected chi connectivity index (χ2v) is 5.14. The molecule has 1 aliphatic heterocycles. The molecule has 2 atom stereocenters. The molecule has 1 heterocycles. The van der Waals surface area contributed by atoms with Crippen LogP contribution in [-0.2, 0) is 9.53 Å². The number of halogens is 2. The summed E-state index contributed by atoms with van der Waals surface area (Å²) < 4.78 is 15.9. The van der Waals surface area contributed by atoms with Gasteiger partial charge in [0.15, 0.2) is 0 Å². The Kier molecular flexibility index (Phi) is 7.22. The molecule has 0 radical (unpaired) electrons. The van der Waals surface area contributed by atoms with Crippen LogP contribution in [0.3, 0.4) is 0 Å². The van der Waals surface area contributed by atoms with Crippen LogP contribution in [0.2, 0.25) is 5.02 Å². The van der Waals surface area contributed by atoms with Gasteiger partial charge in [-0.15, -0.1) is 12.4 Å². The molecule has 1 aliphatic rings. The number of hydrogen-bond donors (Lipinski definition) is 2. The first-order chi connectivity index (χ1) is 10.1. The van der Waals surface area contributed by atoms with Crippen LogP contribution in [-0.4, -0.2) is 38.9 Å². The lowest BCUT2D eigenvalue weighted by Gasteiger charge is -2.16. The van der Waals surface area contributed by atoms with Crippen molar-refractivity contribution < 1.29 is 19.0 Å². The molecule has 1 saturated heterocycles. The average molecular weight is 351 g/mol. The van der Waals surface area contributed by atoms with E-state index in [1.165, 1.54) is 14.2 Å². The maximum Gasteiger partial charge on any atom is 0.253 e. The zero-order chi connectivity index (χ0) is 15.4. The third-order valence-corrected chi connectivity index (χ3v) is 3.69. The van der Waals surface area contributed by atoms with E-state index < -0.39 is 6.10 Å². The van der Waals surface area contributed by atoms with Gasteiger partial charge in [0, 0.05) is 12.6 Å². The van der Waals surface area contributed by atoms with Gasteiger partial charge in [-0.3, -0.25) is 4.79 Å². The number of amides is 1. The Morgan fingerprint density at radius 1 is 1.36 bits per heavy atom. The summed E-state index contributed by atoms with van der Waals surface area (Å²) in [5.74, 6) is 0.718. The first kappa shape index (κ1) is 18.8. The third-order valence-electron chi connectivity index (χ3n) is 3.39. The average Bonchev–Trinajstić information content (AvgIpc) is 2.96. The van der Waals surface area contributed by atoms with Crippen LogP contribution in [0.1, 0.15) is 12.8 Å². The SMILES string of the molecule is COc1cc(OC)c(NC(=O)[C@@H]2CC[C@H](CN)O2)cc1Cl.Cl. The van der Waals surface area contributed by atoms with Crippen molar-refractivity contribution in [3.63, 3.8) is 0 Å². The lowest BCUT2D eigenvalue weighted by molar-refractivity contribution is -0.126. The van der Waals surface area contributed by atoms with Crippen LogP contribution in [0, 0.1) is 0 Å². The van der Waals surface area contributed by atoms with E-state index in [9.17, 15) is 4.79 Å². The molecule has 0 unspecified atom stereocenters. The van der Waals surface area contributed by atoms with Crippen molar-refractivity contribution in [2.75, 3.05) is 26.1 Å². The maximum atomic E-state index is 12.2.